The molecule has 0 bridgehead atoms. The van der Waals surface area contributed by atoms with Gasteiger partial charge < -0.3 is 15.5 Å². The molecule has 2 atom stereocenters. The number of quaternary nitrogens is 1. The highest BCUT2D eigenvalue weighted by Crippen LogP contribution is 2.27. The molecule has 1 unspecified atom stereocenters. The molecule has 0 aliphatic heterocycles. The minimum atomic E-state index is -1.04. The highest BCUT2D eigenvalue weighted by Gasteiger charge is 2.27. The standard InChI is InChI=1S/C21H23F2N3O2/c1-26(19-8-4-6-14-5-2-3-7-16(14)19)13-21(28)24-12-20(27)25-15-9-10-17(22)18(23)11-15/h2-3,5,7,9-11,19H,4,6,8,12-13H2,1H3,(H,24,28)(H,25,27)/p+1/t19-/m1/s1. The second kappa shape index (κ2) is 8.93. The van der Waals surface area contributed by atoms with Crippen molar-refractivity contribution in [2.45, 2.75) is 25.3 Å². The Bertz CT molecular complexity index is 872. The fourth-order valence-corrected chi connectivity index (χ4v) is 3.66. The lowest BCUT2D eigenvalue weighted by Crippen LogP contribution is -3.10. The first kappa shape index (κ1) is 19.9. The summed E-state index contributed by atoms with van der Waals surface area (Å²) in [6, 6.07) is 11.7. The van der Waals surface area contributed by atoms with Crippen molar-refractivity contribution in [3.05, 3.63) is 65.2 Å². The van der Waals surface area contributed by atoms with Crippen LogP contribution < -0.4 is 15.5 Å². The summed E-state index contributed by atoms with van der Waals surface area (Å²) >= 11 is 0. The maximum Gasteiger partial charge on any atom is 0.275 e. The monoisotopic (exact) mass is 388 g/mol. The fourth-order valence-electron chi connectivity index (χ4n) is 3.66. The van der Waals surface area contributed by atoms with E-state index in [1.54, 1.807) is 0 Å². The van der Waals surface area contributed by atoms with Gasteiger partial charge in [0.05, 0.1) is 13.6 Å². The number of rotatable bonds is 6. The van der Waals surface area contributed by atoms with E-state index in [-0.39, 0.29) is 30.7 Å². The summed E-state index contributed by atoms with van der Waals surface area (Å²) in [6.07, 6.45) is 3.18. The number of fused-ring (bicyclic) bond motifs is 1. The zero-order valence-electron chi connectivity index (χ0n) is 15.7. The molecule has 0 spiro atoms. The van der Waals surface area contributed by atoms with E-state index in [1.165, 1.54) is 17.2 Å². The molecule has 0 aromatic heterocycles. The van der Waals surface area contributed by atoms with Crippen LogP contribution in [-0.2, 0) is 16.0 Å². The summed E-state index contributed by atoms with van der Waals surface area (Å²) in [6.45, 7) is 0.0177. The van der Waals surface area contributed by atoms with Crippen molar-refractivity contribution in [2.75, 3.05) is 25.5 Å². The van der Waals surface area contributed by atoms with Crippen molar-refractivity contribution in [3.63, 3.8) is 0 Å². The van der Waals surface area contributed by atoms with Crippen LogP contribution in [-0.4, -0.2) is 32.0 Å². The van der Waals surface area contributed by atoms with Gasteiger partial charge in [0.15, 0.2) is 18.2 Å². The van der Waals surface area contributed by atoms with Gasteiger partial charge in [0.2, 0.25) is 5.91 Å². The molecule has 28 heavy (non-hydrogen) atoms. The lowest BCUT2D eigenvalue weighted by atomic mass is 9.87. The van der Waals surface area contributed by atoms with Crippen LogP contribution in [0.15, 0.2) is 42.5 Å². The Balaban J connectivity index is 1.49. The minimum absolute atomic E-state index is 0.139. The van der Waals surface area contributed by atoms with Crippen LogP contribution in [0.4, 0.5) is 14.5 Å². The normalized spacial score (nSPS) is 16.8. The Labute approximate surface area is 162 Å². The number of amides is 2. The van der Waals surface area contributed by atoms with Gasteiger partial charge in [0.1, 0.15) is 6.04 Å². The first-order valence-electron chi connectivity index (χ1n) is 9.35. The number of carbonyl (C=O) groups is 2. The van der Waals surface area contributed by atoms with E-state index < -0.39 is 17.5 Å². The second-order valence-corrected chi connectivity index (χ2v) is 7.12. The van der Waals surface area contributed by atoms with Gasteiger partial charge in [0.25, 0.3) is 5.91 Å². The number of benzene rings is 2. The molecule has 0 fully saturated rings. The molecule has 2 aromatic rings. The smallest absolute Gasteiger partial charge is 0.275 e. The van der Waals surface area contributed by atoms with Crippen LogP contribution in [0.1, 0.15) is 30.0 Å². The topological polar surface area (TPSA) is 62.6 Å². The van der Waals surface area contributed by atoms with Gasteiger partial charge >= 0.3 is 0 Å². The molecule has 2 amide bonds. The van der Waals surface area contributed by atoms with Crippen molar-refractivity contribution >= 4 is 17.5 Å². The molecule has 0 saturated heterocycles. The Morgan fingerprint density at radius 3 is 2.68 bits per heavy atom. The van der Waals surface area contributed by atoms with Gasteiger partial charge in [0, 0.05) is 23.7 Å². The lowest BCUT2D eigenvalue weighted by molar-refractivity contribution is -0.905. The van der Waals surface area contributed by atoms with Crippen molar-refractivity contribution < 1.29 is 23.3 Å². The van der Waals surface area contributed by atoms with Gasteiger partial charge in [-0.2, -0.15) is 0 Å². The highest BCUT2D eigenvalue weighted by molar-refractivity contribution is 5.94. The average molecular weight is 388 g/mol. The molecule has 7 heteroatoms. The van der Waals surface area contributed by atoms with E-state index in [0.29, 0.717) is 0 Å². The number of halogens is 2. The van der Waals surface area contributed by atoms with Gasteiger partial charge in [-0.05, 0) is 30.5 Å². The SMILES string of the molecule is C[NH+](CC(=O)NCC(=O)Nc1ccc(F)c(F)c1)[C@@H]1CCCc2ccccc21. The summed E-state index contributed by atoms with van der Waals surface area (Å²) in [7, 11) is 1.98. The van der Waals surface area contributed by atoms with Crippen LogP contribution in [0.5, 0.6) is 0 Å². The molecule has 2 aromatic carbocycles. The number of hydrogen-bond donors (Lipinski definition) is 3. The third-order valence-electron chi connectivity index (χ3n) is 5.05. The largest absolute Gasteiger partial charge is 0.342 e. The summed E-state index contributed by atoms with van der Waals surface area (Å²) in [5, 5.41) is 5.01. The second-order valence-electron chi connectivity index (χ2n) is 7.12. The first-order valence-corrected chi connectivity index (χ1v) is 9.35. The van der Waals surface area contributed by atoms with E-state index in [4.69, 9.17) is 0 Å². The minimum Gasteiger partial charge on any atom is -0.342 e. The zero-order chi connectivity index (χ0) is 20.1. The van der Waals surface area contributed by atoms with Gasteiger partial charge in [-0.25, -0.2) is 8.78 Å². The molecular weight excluding hydrogens is 364 g/mol. The van der Waals surface area contributed by atoms with Gasteiger partial charge in [-0.15, -0.1) is 0 Å². The molecule has 148 valence electrons. The van der Waals surface area contributed by atoms with Crippen LogP contribution in [0.3, 0.4) is 0 Å². The van der Waals surface area contributed by atoms with Gasteiger partial charge in [-0.3, -0.25) is 9.59 Å². The van der Waals surface area contributed by atoms with Crippen molar-refractivity contribution in [2.24, 2.45) is 0 Å². The van der Waals surface area contributed by atoms with Crippen molar-refractivity contribution in [1.82, 2.24) is 5.32 Å². The summed E-state index contributed by atoms with van der Waals surface area (Å²) in [4.78, 5) is 25.2. The van der Waals surface area contributed by atoms with E-state index in [1.807, 2.05) is 19.2 Å². The maximum absolute atomic E-state index is 13.2. The van der Waals surface area contributed by atoms with Gasteiger partial charge in [-0.1, -0.05) is 24.3 Å². The average Bonchev–Trinajstić information content (AvgIpc) is 2.68. The molecule has 0 radical (unpaired) electrons. The number of likely N-dealkylation sites (N-methyl/N-ethyl adjacent to an activating group) is 1. The molecule has 3 N–H and O–H groups in total. The Hall–Kier alpha value is -2.80. The summed E-state index contributed by atoms with van der Waals surface area (Å²) < 4.78 is 26.1. The Morgan fingerprint density at radius 1 is 1.11 bits per heavy atom. The molecule has 0 saturated carbocycles. The van der Waals surface area contributed by atoms with Crippen LogP contribution in [0.2, 0.25) is 0 Å². The number of carbonyl (C=O) groups excluding carboxylic acids is 2. The van der Waals surface area contributed by atoms with E-state index in [0.717, 1.165) is 36.3 Å². The third-order valence-corrected chi connectivity index (χ3v) is 5.05. The number of nitrogens with one attached hydrogen (secondary N) is 3. The quantitative estimate of drug-likeness (QED) is 0.704. The number of aryl methyl sites for hydroxylation is 1. The Kier molecular flexibility index (Phi) is 6.36. The highest BCUT2D eigenvalue weighted by atomic mass is 19.2. The fraction of sp³-hybridized carbons (Fsp3) is 0.333. The van der Waals surface area contributed by atoms with E-state index >= 15 is 0 Å². The zero-order valence-corrected chi connectivity index (χ0v) is 15.7. The molecular formula is C21H24F2N3O2+. The lowest BCUT2D eigenvalue weighted by Gasteiger charge is -2.30. The molecule has 0 heterocycles. The maximum atomic E-state index is 13.2. The van der Waals surface area contributed by atoms with Crippen LogP contribution >= 0.6 is 0 Å². The van der Waals surface area contributed by atoms with E-state index in [9.17, 15) is 18.4 Å². The first-order chi connectivity index (χ1) is 13.4. The van der Waals surface area contributed by atoms with Crippen molar-refractivity contribution in [1.29, 1.82) is 0 Å². The Morgan fingerprint density at radius 2 is 1.89 bits per heavy atom. The molecule has 3 rings (SSSR count). The van der Waals surface area contributed by atoms with Crippen LogP contribution in [0, 0.1) is 11.6 Å². The van der Waals surface area contributed by atoms with Crippen molar-refractivity contribution in [3.8, 4) is 0 Å². The summed E-state index contributed by atoms with van der Waals surface area (Å²) in [5.41, 5.74) is 2.76. The number of hydrogen-bond acceptors (Lipinski definition) is 2. The predicted molar refractivity (Wildman–Crippen MR) is 102 cm³/mol. The predicted octanol–water partition coefficient (Wildman–Crippen LogP) is 1.61. The van der Waals surface area contributed by atoms with E-state index in [2.05, 4.69) is 22.8 Å². The third kappa shape index (κ3) is 4.92. The number of anilines is 1. The van der Waals surface area contributed by atoms with Crippen LogP contribution in [0.25, 0.3) is 0 Å². The molecule has 1 aliphatic carbocycles. The molecule has 1 aliphatic rings. The molecule has 5 nitrogen and oxygen atoms in total. The summed E-state index contributed by atoms with van der Waals surface area (Å²) in [5.74, 6) is -2.76.